The number of carbonyl (C=O) groups excluding carboxylic acids is 1. The van der Waals surface area contributed by atoms with Gasteiger partial charge in [0.1, 0.15) is 19.0 Å². The highest BCUT2D eigenvalue weighted by Crippen LogP contribution is 2.30. The van der Waals surface area contributed by atoms with E-state index >= 15 is 0 Å². The minimum atomic E-state index is -0.275. The first kappa shape index (κ1) is 18.0. The minimum absolute atomic E-state index is 0.275. The third-order valence-corrected chi connectivity index (χ3v) is 4.80. The fourth-order valence-electron chi connectivity index (χ4n) is 3.32. The van der Waals surface area contributed by atoms with Gasteiger partial charge in [0.2, 0.25) is 0 Å². The van der Waals surface area contributed by atoms with Crippen LogP contribution in [0.1, 0.15) is 35.6 Å². The molecule has 1 amide bonds. The van der Waals surface area contributed by atoms with Crippen molar-refractivity contribution in [3.63, 3.8) is 0 Å². The molecule has 0 radical (unpaired) electrons. The molecule has 3 aromatic rings. The van der Waals surface area contributed by atoms with Crippen molar-refractivity contribution in [3.05, 3.63) is 53.3 Å². The Morgan fingerprint density at radius 3 is 2.68 bits per heavy atom. The van der Waals surface area contributed by atoms with Gasteiger partial charge < -0.3 is 14.0 Å². The van der Waals surface area contributed by atoms with Gasteiger partial charge in [-0.1, -0.05) is 0 Å². The van der Waals surface area contributed by atoms with Gasteiger partial charge in [-0.05, 0) is 57.2 Å². The Labute approximate surface area is 163 Å². The summed E-state index contributed by atoms with van der Waals surface area (Å²) >= 11 is 0. The number of carbonyl (C=O) groups is 1. The summed E-state index contributed by atoms with van der Waals surface area (Å²) in [7, 11) is 0. The second-order valence-electron chi connectivity index (χ2n) is 6.60. The van der Waals surface area contributed by atoms with Gasteiger partial charge in [0, 0.05) is 17.7 Å². The zero-order chi connectivity index (χ0) is 19.7. The lowest BCUT2D eigenvalue weighted by Gasteiger charge is -2.18. The molecule has 7 heteroatoms. The van der Waals surface area contributed by atoms with Gasteiger partial charge >= 0.3 is 0 Å². The van der Waals surface area contributed by atoms with Crippen LogP contribution in [-0.2, 0) is 6.54 Å². The van der Waals surface area contributed by atoms with E-state index in [0.29, 0.717) is 30.2 Å². The second kappa shape index (κ2) is 7.34. The van der Waals surface area contributed by atoms with Crippen molar-refractivity contribution in [1.29, 1.82) is 0 Å². The van der Waals surface area contributed by atoms with E-state index in [0.717, 1.165) is 34.7 Å². The van der Waals surface area contributed by atoms with E-state index < -0.39 is 0 Å². The molecule has 0 saturated carbocycles. The van der Waals surface area contributed by atoms with Gasteiger partial charge in [-0.15, -0.1) is 0 Å². The van der Waals surface area contributed by atoms with E-state index in [1.54, 1.807) is 12.1 Å². The Morgan fingerprint density at radius 1 is 1.14 bits per heavy atom. The number of hydrogen-bond donors (Lipinski definition) is 1. The lowest BCUT2D eigenvalue weighted by atomic mass is 10.1. The highest BCUT2D eigenvalue weighted by Gasteiger charge is 2.14. The number of hydrazone groups is 1. The summed E-state index contributed by atoms with van der Waals surface area (Å²) in [6, 6.07) is 11.1. The topological polar surface area (TPSA) is 77.7 Å². The van der Waals surface area contributed by atoms with Gasteiger partial charge in [-0.25, -0.2) is 10.4 Å². The van der Waals surface area contributed by atoms with Gasteiger partial charge in [0.25, 0.3) is 5.91 Å². The number of aromatic nitrogens is 2. The van der Waals surface area contributed by atoms with E-state index in [-0.39, 0.29) is 5.91 Å². The summed E-state index contributed by atoms with van der Waals surface area (Å²) in [6.07, 6.45) is 0. The summed E-state index contributed by atoms with van der Waals surface area (Å²) in [6.45, 7) is 7.79. The maximum atomic E-state index is 12.5. The van der Waals surface area contributed by atoms with E-state index in [9.17, 15) is 4.79 Å². The zero-order valence-electron chi connectivity index (χ0n) is 16.2. The Kier molecular flexibility index (Phi) is 4.73. The number of nitrogens with zero attached hydrogens (tertiary/aromatic N) is 3. The molecule has 0 spiro atoms. The summed E-state index contributed by atoms with van der Waals surface area (Å²) in [5, 5.41) is 4.23. The van der Waals surface area contributed by atoms with E-state index in [1.165, 1.54) is 0 Å². The summed E-state index contributed by atoms with van der Waals surface area (Å²) in [5.41, 5.74) is 6.50. The van der Waals surface area contributed by atoms with Crippen LogP contribution in [0.15, 0.2) is 41.5 Å². The lowest BCUT2D eigenvalue weighted by molar-refractivity contribution is 0.0955. The van der Waals surface area contributed by atoms with Crippen LogP contribution in [0.25, 0.3) is 11.0 Å². The summed E-state index contributed by atoms with van der Waals surface area (Å²) in [4.78, 5) is 17.1. The van der Waals surface area contributed by atoms with Crippen LogP contribution in [0, 0.1) is 6.92 Å². The molecule has 7 nitrogen and oxygen atoms in total. The predicted octanol–water partition coefficient (Wildman–Crippen LogP) is 3.29. The quantitative estimate of drug-likeness (QED) is 0.558. The molecule has 0 saturated heterocycles. The van der Waals surface area contributed by atoms with Crippen LogP contribution < -0.4 is 14.9 Å². The number of nitrogens with one attached hydrogen (secondary N) is 1. The fraction of sp³-hybridized carbons (Fsp3) is 0.286. The molecule has 2 heterocycles. The average Bonchev–Trinajstić information content (AvgIpc) is 3.05. The van der Waals surface area contributed by atoms with Crippen LogP contribution >= 0.6 is 0 Å². The van der Waals surface area contributed by atoms with Crippen molar-refractivity contribution in [3.8, 4) is 11.5 Å². The van der Waals surface area contributed by atoms with Crippen molar-refractivity contribution >= 4 is 22.7 Å². The third kappa shape index (κ3) is 3.31. The zero-order valence-corrected chi connectivity index (χ0v) is 16.2. The molecule has 1 aromatic heterocycles. The molecule has 144 valence electrons. The Balaban J connectivity index is 1.52. The van der Waals surface area contributed by atoms with Crippen LogP contribution in [0.5, 0.6) is 11.5 Å². The molecule has 0 aliphatic carbocycles. The maximum Gasteiger partial charge on any atom is 0.271 e. The smallest absolute Gasteiger partial charge is 0.271 e. The molecule has 4 rings (SSSR count). The van der Waals surface area contributed by atoms with E-state index in [4.69, 9.17) is 9.47 Å². The van der Waals surface area contributed by atoms with E-state index in [2.05, 4.69) is 27.0 Å². The Hall–Kier alpha value is -3.35. The lowest BCUT2D eigenvalue weighted by Crippen LogP contribution is -2.19. The molecular weight excluding hydrogens is 356 g/mol. The second-order valence-corrected chi connectivity index (χ2v) is 6.60. The van der Waals surface area contributed by atoms with Gasteiger partial charge in [-0.3, -0.25) is 4.79 Å². The molecular formula is C21H22N4O3. The number of amides is 1. The molecule has 0 fully saturated rings. The van der Waals surface area contributed by atoms with Crippen molar-refractivity contribution < 1.29 is 14.3 Å². The monoisotopic (exact) mass is 378 g/mol. The standard InChI is InChI=1S/C21H22N4O3/c1-4-25-14(3)22-17-11-16(5-7-18(17)25)21(26)24-23-13(2)15-6-8-19-20(12-15)28-10-9-27-19/h5-8,11-12H,4,9-10H2,1-3H3,(H,24,26). The number of hydrogen-bond acceptors (Lipinski definition) is 5. The Bertz CT molecular complexity index is 1080. The first-order valence-electron chi connectivity index (χ1n) is 9.28. The molecule has 1 aliphatic rings. The largest absolute Gasteiger partial charge is 0.486 e. The molecule has 2 aromatic carbocycles. The third-order valence-electron chi connectivity index (χ3n) is 4.80. The average molecular weight is 378 g/mol. The van der Waals surface area contributed by atoms with Crippen LogP contribution in [0.3, 0.4) is 0 Å². The minimum Gasteiger partial charge on any atom is -0.486 e. The Morgan fingerprint density at radius 2 is 1.89 bits per heavy atom. The van der Waals surface area contributed by atoms with Crippen molar-refractivity contribution in [2.45, 2.75) is 27.3 Å². The molecule has 0 unspecified atom stereocenters. The fourth-order valence-corrected chi connectivity index (χ4v) is 3.32. The summed E-state index contributed by atoms with van der Waals surface area (Å²) in [5.74, 6) is 2.07. The highest BCUT2D eigenvalue weighted by molar-refractivity contribution is 6.02. The first-order chi connectivity index (χ1) is 13.6. The number of aryl methyl sites for hydroxylation is 2. The van der Waals surface area contributed by atoms with Gasteiger partial charge in [-0.2, -0.15) is 5.10 Å². The van der Waals surface area contributed by atoms with Crippen LogP contribution in [-0.4, -0.2) is 34.4 Å². The predicted molar refractivity (Wildman–Crippen MR) is 107 cm³/mol. The van der Waals surface area contributed by atoms with Crippen molar-refractivity contribution in [1.82, 2.24) is 15.0 Å². The summed E-state index contributed by atoms with van der Waals surface area (Å²) < 4.78 is 13.2. The number of rotatable bonds is 4. The van der Waals surface area contributed by atoms with E-state index in [1.807, 2.05) is 38.1 Å². The van der Waals surface area contributed by atoms with Crippen molar-refractivity contribution in [2.75, 3.05) is 13.2 Å². The number of imidazole rings is 1. The molecule has 1 N–H and O–H groups in total. The molecule has 28 heavy (non-hydrogen) atoms. The SMILES string of the molecule is CCn1c(C)nc2cc(C(=O)NN=C(C)c3ccc4c(c3)OCCO4)ccc21. The highest BCUT2D eigenvalue weighted by atomic mass is 16.6. The molecule has 0 atom stereocenters. The number of benzene rings is 2. The normalized spacial score (nSPS) is 13.6. The molecule has 0 bridgehead atoms. The number of ether oxygens (including phenoxy) is 2. The number of fused-ring (bicyclic) bond motifs is 2. The van der Waals surface area contributed by atoms with Crippen LogP contribution in [0.4, 0.5) is 0 Å². The van der Waals surface area contributed by atoms with Gasteiger partial charge in [0.05, 0.1) is 16.7 Å². The van der Waals surface area contributed by atoms with Gasteiger partial charge in [0.15, 0.2) is 11.5 Å². The van der Waals surface area contributed by atoms with Crippen LogP contribution in [0.2, 0.25) is 0 Å². The maximum absolute atomic E-state index is 12.5. The first-order valence-corrected chi connectivity index (χ1v) is 9.28. The molecule has 1 aliphatic heterocycles. The van der Waals surface area contributed by atoms with Crippen molar-refractivity contribution in [2.24, 2.45) is 5.10 Å².